The fourth-order valence-electron chi connectivity index (χ4n) is 4.00. The first kappa shape index (κ1) is 30.5. The van der Waals surface area contributed by atoms with Crippen molar-refractivity contribution in [2.75, 3.05) is 70.4 Å². The van der Waals surface area contributed by atoms with Crippen molar-refractivity contribution in [3.63, 3.8) is 0 Å². The molecule has 222 valence electrons. The first-order valence-corrected chi connectivity index (χ1v) is 14.6. The number of rotatable bonds is 13. The van der Waals surface area contributed by atoms with Crippen LogP contribution in [0.15, 0.2) is 71.6 Å². The van der Waals surface area contributed by atoms with Crippen LogP contribution in [0.2, 0.25) is 0 Å². The number of fused-ring (bicyclic) bond motifs is 1. The lowest BCUT2D eigenvalue weighted by Gasteiger charge is -2.19. The van der Waals surface area contributed by atoms with Crippen molar-refractivity contribution in [1.29, 1.82) is 0 Å². The molecule has 0 unspecified atom stereocenters. The van der Waals surface area contributed by atoms with Gasteiger partial charge in [0.05, 0.1) is 36.7 Å². The lowest BCUT2D eigenvalue weighted by Crippen LogP contribution is -2.34. The molecular formula is C29H35N7O5S. The molecule has 3 aromatic carbocycles. The number of methoxy groups -OCH3 is 2. The Morgan fingerprint density at radius 3 is 2.07 bits per heavy atom. The Kier molecular flexibility index (Phi) is 9.78. The predicted molar refractivity (Wildman–Crippen MR) is 164 cm³/mol. The summed E-state index contributed by atoms with van der Waals surface area (Å²) < 4.78 is 40.3. The second-order valence-electron chi connectivity index (χ2n) is 9.86. The zero-order valence-electron chi connectivity index (χ0n) is 24.2. The van der Waals surface area contributed by atoms with E-state index in [9.17, 15) is 13.2 Å². The molecule has 0 bridgehead atoms. The van der Waals surface area contributed by atoms with Crippen molar-refractivity contribution in [3.8, 4) is 11.5 Å². The van der Waals surface area contributed by atoms with Gasteiger partial charge in [-0.15, -0.1) is 0 Å². The number of hydrogen-bond acceptors (Lipinski definition) is 10. The molecule has 0 aliphatic heterocycles. The van der Waals surface area contributed by atoms with Crippen LogP contribution in [-0.2, 0) is 14.8 Å². The maximum atomic E-state index is 13.5. The molecule has 3 N–H and O–H groups in total. The highest BCUT2D eigenvalue weighted by molar-refractivity contribution is 7.92. The quantitative estimate of drug-likeness (QED) is 0.211. The zero-order valence-corrected chi connectivity index (χ0v) is 25.0. The fraction of sp³-hybridized carbons (Fsp3) is 0.276. The van der Waals surface area contributed by atoms with Crippen molar-refractivity contribution in [1.82, 2.24) is 19.8 Å². The minimum absolute atomic E-state index is 0.00700. The van der Waals surface area contributed by atoms with Gasteiger partial charge in [-0.2, -0.15) is 0 Å². The van der Waals surface area contributed by atoms with Crippen LogP contribution < -0.4 is 24.8 Å². The number of ether oxygens (including phenoxy) is 2. The number of carbonyl (C=O) groups is 1. The van der Waals surface area contributed by atoms with E-state index in [1.807, 2.05) is 37.0 Å². The van der Waals surface area contributed by atoms with Gasteiger partial charge in [-0.3, -0.25) is 14.4 Å². The molecule has 0 saturated heterocycles. The average molecular weight is 594 g/mol. The molecule has 4 rings (SSSR count). The second kappa shape index (κ2) is 13.5. The Balaban J connectivity index is 1.59. The highest BCUT2D eigenvalue weighted by Crippen LogP contribution is 2.31. The largest absolute Gasteiger partial charge is 0.497 e. The summed E-state index contributed by atoms with van der Waals surface area (Å²) in [5, 5.41) is 5.91. The van der Waals surface area contributed by atoms with Gasteiger partial charge in [0.2, 0.25) is 5.91 Å². The minimum Gasteiger partial charge on any atom is -0.497 e. The summed E-state index contributed by atoms with van der Waals surface area (Å²) in [5.41, 5.74) is 1.98. The zero-order chi connectivity index (χ0) is 30.3. The smallest absolute Gasteiger partial charge is 0.263 e. The maximum absolute atomic E-state index is 13.5. The standard InChI is InChI=1S/C29H35N7O5S/c1-35(2)13-14-36(3)19-27(37)30-20-9-8-10-24(17-20)42(38,39)34-29-28(32-25-11-6-7-12-26(25)33-29)31-21-15-22(40-4)18-23(16-21)41-5/h6-12,15-18H,13-14,19H2,1-5H3,(H,30,37)(H,31,32)(H,33,34). The van der Waals surface area contributed by atoms with Crippen molar-refractivity contribution in [2.45, 2.75) is 4.90 Å². The molecule has 1 heterocycles. The molecule has 0 atom stereocenters. The normalized spacial score (nSPS) is 11.5. The Morgan fingerprint density at radius 1 is 0.810 bits per heavy atom. The number of nitrogens with zero attached hydrogens (tertiary/aromatic N) is 4. The van der Waals surface area contributed by atoms with Crippen molar-refractivity contribution in [3.05, 3.63) is 66.7 Å². The summed E-state index contributed by atoms with van der Waals surface area (Å²) in [6.45, 7) is 1.69. The van der Waals surface area contributed by atoms with Crippen LogP contribution in [0.1, 0.15) is 0 Å². The third-order valence-electron chi connectivity index (χ3n) is 6.19. The second-order valence-corrected chi connectivity index (χ2v) is 11.5. The van der Waals surface area contributed by atoms with Gasteiger partial charge in [0.15, 0.2) is 11.6 Å². The molecule has 12 nitrogen and oxygen atoms in total. The maximum Gasteiger partial charge on any atom is 0.263 e. The number of para-hydroxylation sites is 2. The van der Waals surface area contributed by atoms with E-state index in [1.165, 1.54) is 26.4 Å². The van der Waals surface area contributed by atoms with Gasteiger partial charge in [-0.25, -0.2) is 18.4 Å². The van der Waals surface area contributed by atoms with Gasteiger partial charge in [-0.05, 0) is 51.5 Å². The summed E-state index contributed by atoms with van der Waals surface area (Å²) in [5.74, 6) is 0.996. The molecule has 1 aromatic heterocycles. The number of benzene rings is 3. The summed E-state index contributed by atoms with van der Waals surface area (Å²) >= 11 is 0. The number of aromatic nitrogens is 2. The van der Waals surface area contributed by atoms with Gasteiger partial charge in [-0.1, -0.05) is 18.2 Å². The summed E-state index contributed by atoms with van der Waals surface area (Å²) in [6, 6.07) is 18.3. The van der Waals surface area contributed by atoms with Crippen LogP contribution in [0.5, 0.6) is 11.5 Å². The molecule has 0 aliphatic carbocycles. The Labute approximate surface area is 245 Å². The molecule has 1 amide bonds. The van der Waals surface area contributed by atoms with Crippen LogP contribution in [0.4, 0.5) is 23.0 Å². The molecule has 42 heavy (non-hydrogen) atoms. The van der Waals surface area contributed by atoms with Crippen molar-refractivity contribution in [2.24, 2.45) is 0 Å². The SMILES string of the molecule is COc1cc(Nc2nc3ccccc3nc2NS(=O)(=O)c2cccc(NC(=O)CN(C)CCN(C)C)c2)cc(OC)c1. The lowest BCUT2D eigenvalue weighted by atomic mass is 10.2. The minimum atomic E-state index is -4.13. The number of nitrogens with one attached hydrogen (secondary N) is 3. The number of likely N-dealkylation sites (N-methyl/N-ethyl adjacent to an activating group) is 2. The first-order valence-electron chi connectivity index (χ1n) is 13.1. The molecule has 13 heteroatoms. The fourth-order valence-corrected chi connectivity index (χ4v) is 5.05. The van der Waals surface area contributed by atoms with Crippen LogP contribution in [0.25, 0.3) is 11.0 Å². The summed E-state index contributed by atoms with van der Waals surface area (Å²) in [4.78, 5) is 25.6. The number of anilines is 4. The third-order valence-corrected chi connectivity index (χ3v) is 7.52. The van der Waals surface area contributed by atoms with Gasteiger partial charge < -0.3 is 25.0 Å². The van der Waals surface area contributed by atoms with E-state index in [1.54, 1.807) is 48.5 Å². The monoisotopic (exact) mass is 593 g/mol. The van der Waals surface area contributed by atoms with Gasteiger partial charge in [0.25, 0.3) is 10.0 Å². The number of carbonyl (C=O) groups excluding carboxylic acids is 1. The third kappa shape index (κ3) is 8.06. The Hall–Kier alpha value is -4.46. The van der Waals surface area contributed by atoms with Crippen molar-refractivity contribution >= 4 is 50.0 Å². The summed E-state index contributed by atoms with van der Waals surface area (Å²) in [7, 11) is 4.72. The number of hydrogen-bond donors (Lipinski definition) is 3. The van der Waals surface area contributed by atoms with E-state index < -0.39 is 10.0 Å². The summed E-state index contributed by atoms with van der Waals surface area (Å²) in [6.07, 6.45) is 0. The average Bonchev–Trinajstić information content (AvgIpc) is 2.96. The van der Waals surface area contributed by atoms with E-state index in [4.69, 9.17) is 9.47 Å². The van der Waals surface area contributed by atoms with Crippen LogP contribution in [0.3, 0.4) is 0 Å². The van der Waals surface area contributed by atoms with Crippen LogP contribution >= 0.6 is 0 Å². The predicted octanol–water partition coefficient (Wildman–Crippen LogP) is 3.62. The lowest BCUT2D eigenvalue weighted by molar-refractivity contribution is -0.117. The highest BCUT2D eigenvalue weighted by atomic mass is 32.2. The van der Waals surface area contributed by atoms with Crippen LogP contribution in [0, 0.1) is 0 Å². The molecule has 0 radical (unpaired) electrons. The van der Waals surface area contributed by atoms with Gasteiger partial charge in [0.1, 0.15) is 11.5 Å². The molecule has 0 fully saturated rings. The van der Waals surface area contributed by atoms with Gasteiger partial charge in [0, 0.05) is 42.7 Å². The van der Waals surface area contributed by atoms with E-state index in [2.05, 4.69) is 25.3 Å². The topological polar surface area (TPSA) is 138 Å². The number of amides is 1. The molecule has 4 aromatic rings. The Morgan fingerprint density at radius 2 is 1.45 bits per heavy atom. The van der Waals surface area contributed by atoms with E-state index >= 15 is 0 Å². The number of sulfonamides is 1. The molecule has 0 saturated carbocycles. The van der Waals surface area contributed by atoms with Crippen LogP contribution in [-0.4, -0.2) is 89.1 Å². The molecular weight excluding hydrogens is 558 g/mol. The Bertz CT molecular complexity index is 1640. The first-order chi connectivity index (χ1) is 20.1. The van der Waals surface area contributed by atoms with E-state index in [0.717, 1.165) is 6.54 Å². The molecule has 0 spiro atoms. The van der Waals surface area contributed by atoms with E-state index in [0.29, 0.717) is 40.5 Å². The van der Waals surface area contributed by atoms with Crippen molar-refractivity contribution < 1.29 is 22.7 Å². The van der Waals surface area contributed by atoms with Gasteiger partial charge >= 0.3 is 0 Å². The molecule has 0 aliphatic rings. The van der Waals surface area contributed by atoms with E-state index in [-0.39, 0.29) is 29.0 Å². The highest BCUT2D eigenvalue weighted by Gasteiger charge is 2.20.